The van der Waals surface area contributed by atoms with Gasteiger partial charge in [0.05, 0.1) is 18.7 Å². The quantitative estimate of drug-likeness (QED) is 0.618. The van der Waals surface area contributed by atoms with Crippen molar-refractivity contribution < 1.29 is 14.6 Å². The summed E-state index contributed by atoms with van der Waals surface area (Å²) in [5.74, 6) is -0.546. The van der Waals surface area contributed by atoms with E-state index in [1.165, 1.54) is 18.1 Å². The first kappa shape index (κ1) is 21.2. The number of carbonyl (C=O) groups excluding carboxylic acids is 1. The van der Waals surface area contributed by atoms with Crippen molar-refractivity contribution in [2.75, 3.05) is 20.2 Å². The number of hydrogen-bond acceptors (Lipinski definition) is 5. The molecule has 0 unspecified atom stereocenters. The first-order valence-corrected chi connectivity index (χ1v) is 11.6. The SMILES string of the molecule is CC[C@]12CCCN3CCc4c(n(c5ccccc45)[C@@](O)(C(=O)OC)C1)[C@@H]32.c1ccncc1. The summed E-state index contributed by atoms with van der Waals surface area (Å²) in [6.07, 6.45) is 8.02. The molecule has 1 N–H and O–H groups in total. The molecule has 6 rings (SSSR count). The zero-order valence-electron chi connectivity index (χ0n) is 18.8. The molecule has 3 aliphatic heterocycles. The van der Waals surface area contributed by atoms with E-state index in [2.05, 4.69) is 22.9 Å². The summed E-state index contributed by atoms with van der Waals surface area (Å²) in [5.41, 5.74) is 1.69. The Bertz CT molecular complexity index is 1100. The standard InChI is InChI=1S/C21H26N2O3.C5H5N/c1-3-20-10-6-11-22-12-9-15-14-7-4-5-8-16(14)23(17(15)18(20)22)21(25,13-20)19(24)26-2;1-2-4-6-5-3-1/h4-5,7-8,18,25H,3,6,9-13H2,1-2H3;1-5H/t18-,20+,21+;/m1./s1. The van der Waals surface area contributed by atoms with Gasteiger partial charge in [-0.1, -0.05) is 31.2 Å². The molecule has 168 valence electrons. The molecular formula is C26H31N3O3. The third kappa shape index (κ3) is 3.00. The van der Waals surface area contributed by atoms with Crippen molar-refractivity contribution in [2.45, 2.75) is 50.8 Å². The minimum atomic E-state index is -1.63. The van der Waals surface area contributed by atoms with Crippen LogP contribution in [0.1, 0.15) is 49.9 Å². The third-order valence-corrected chi connectivity index (χ3v) is 7.74. The Balaban J connectivity index is 0.000000314. The second-order valence-electron chi connectivity index (χ2n) is 9.23. The number of fused-ring (bicyclic) bond motifs is 3. The van der Waals surface area contributed by atoms with Crippen LogP contribution in [0.2, 0.25) is 0 Å². The average molecular weight is 434 g/mol. The van der Waals surface area contributed by atoms with Crippen molar-refractivity contribution in [3.63, 3.8) is 0 Å². The van der Waals surface area contributed by atoms with Crippen LogP contribution in [-0.2, 0) is 21.7 Å². The number of benzene rings is 1. The van der Waals surface area contributed by atoms with Gasteiger partial charge in [-0.3, -0.25) is 9.88 Å². The largest absolute Gasteiger partial charge is 0.465 e. The number of piperidine rings is 1. The lowest BCUT2D eigenvalue weighted by atomic mass is 9.62. The maximum Gasteiger partial charge on any atom is 0.359 e. The Labute approximate surface area is 188 Å². The van der Waals surface area contributed by atoms with Crippen molar-refractivity contribution in [3.8, 4) is 0 Å². The minimum Gasteiger partial charge on any atom is -0.465 e. The number of nitrogens with zero attached hydrogens (tertiary/aromatic N) is 3. The molecule has 0 amide bonds. The number of pyridine rings is 1. The van der Waals surface area contributed by atoms with Crippen LogP contribution in [-0.4, -0.2) is 45.7 Å². The van der Waals surface area contributed by atoms with Crippen molar-refractivity contribution in [3.05, 3.63) is 66.1 Å². The van der Waals surface area contributed by atoms with E-state index in [-0.39, 0.29) is 11.5 Å². The Kier molecular flexibility index (Phi) is 5.30. The molecule has 0 bridgehead atoms. The Hall–Kier alpha value is -2.70. The number of esters is 1. The summed E-state index contributed by atoms with van der Waals surface area (Å²) < 4.78 is 7.01. The molecule has 0 spiro atoms. The highest BCUT2D eigenvalue weighted by atomic mass is 16.5. The smallest absolute Gasteiger partial charge is 0.359 e. The molecule has 32 heavy (non-hydrogen) atoms. The first-order chi connectivity index (χ1) is 15.6. The van der Waals surface area contributed by atoms with Crippen LogP contribution in [0.25, 0.3) is 10.9 Å². The summed E-state index contributed by atoms with van der Waals surface area (Å²) in [7, 11) is 1.37. The zero-order chi connectivity index (χ0) is 22.3. The highest BCUT2D eigenvalue weighted by Gasteiger charge is 2.60. The van der Waals surface area contributed by atoms with E-state index in [0.29, 0.717) is 6.42 Å². The lowest BCUT2D eigenvalue weighted by Gasteiger charge is -2.57. The lowest BCUT2D eigenvalue weighted by molar-refractivity contribution is -0.194. The molecule has 0 saturated carbocycles. The van der Waals surface area contributed by atoms with E-state index in [1.54, 1.807) is 12.4 Å². The van der Waals surface area contributed by atoms with E-state index in [9.17, 15) is 9.90 Å². The molecule has 1 saturated heterocycles. The van der Waals surface area contributed by atoms with Crippen LogP contribution >= 0.6 is 0 Å². The van der Waals surface area contributed by atoms with Gasteiger partial charge in [-0.25, -0.2) is 4.79 Å². The third-order valence-electron chi connectivity index (χ3n) is 7.74. The summed E-state index contributed by atoms with van der Waals surface area (Å²) in [6.45, 7) is 4.36. The van der Waals surface area contributed by atoms with Gasteiger partial charge in [-0.05, 0) is 61.4 Å². The van der Waals surface area contributed by atoms with Gasteiger partial charge >= 0.3 is 5.97 Å². The van der Waals surface area contributed by atoms with Crippen molar-refractivity contribution in [1.29, 1.82) is 0 Å². The fraction of sp³-hybridized carbons (Fsp3) is 0.462. The van der Waals surface area contributed by atoms with Gasteiger partial charge in [-0.15, -0.1) is 0 Å². The Morgan fingerprint density at radius 1 is 1.19 bits per heavy atom. The van der Waals surface area contributed by atoms with E-state index in [1.807, 2.05) is 41.0 Å². The van der Waals surface area contributed by atoms with Gasteiger partial charge in [0.2, 0.25) is 5.72 Å². The van der Waals surface area contributed by atoms with Crippen LogP contribution < -0.4 is 0 Å². The second-order valence-corrected chi connectivity index (χ2v) is 9.23. The van der Waals surface area contributed by atoms with Crippen molar-refractivity contribution in [2.24, 2.45) is 5.41 Å². The lowest BCUT2D eigenvalue weighted by Crippen LogP contribution is -2.60. The van der Waals surface area contributed by atoms with Gasteiger partial charge in [0.1, 0.15) is 0 Å². The zero-order valence-corrected chi connectivity index (χ0v) is 18.8. The summed E-state index contributed by atoms with van der Waals surface area (Å²) in [4.78, 5) is 19.2. The molecule has 1 aromatic carbocycles. The van der Waals surface area contributed by atoms with Crippen LogP contribution in [0.4, 0.5) is 0 Å². The Morgan fingerprint density at radius 3 is 2.62 bits per heavy atom. The molecule has 0 aliphatic carbocycles. The summed E-state index contributed by atoms with van der Waals surface area (Å²) >= 11 is 0. The molecule has 6 heteroatoms. The molecular weight excluding hydrogens is 402 g/mol. The Morgan fingerprint density at radius 2 is 1.97 bits per heavy atom. The predicted octanol–water partition coefficient (Wildman–Crippen LogP) is 4.03. The van der Waals surface area contributed by atoms with E-state index < -0.39 is 11.7 Å². The van der Waals surface area contributed by atoms with Crippen molar-refractivity contribution in [1.82, 2.24) is 14.5 Å². The van der Waals surface area contributed by atoms with Crippen LogP contribution in [0, 0.1) is 5.41 Å². The number of rotatable bonds is 2. The second kappa shape index (κ2) is 8.01. The molecule has 1 fully saturated rings. The minimum absolute atomic E-state index is 0.0826. The van der Waals surface area contributed by atoms with Crippen molar-refractivity contribution >= 4 is 16.9 Å². The maximum absolute atomic E-state index is 12.8. The molecule has 5 heterocycles. The fourth-order valence-corrected chi connectivity index (χ4v) is 6.41. The van der Waals surface area contributed by atoms with Gasteiger partial charge in [-0.2, -0.15) is 0 Å². The normalized spacial score (nSPS) is 28.4. The summed E-state index contributed by atoms with van der Waals surface area (Å²) in [6, 6.07) is 14.2. The maximum atomic E-state index is 12.8. The van der Waals surface area contributed by atoms with Gasteiger partial charge in [0.15, 0.2) is 0 Å². The van der Waals surface area contributed by atoms with E-state index in [0.717, 1.165) is 50.0 Å². The summed E-state index contributed by atoms with van der Waals surface area (Å²) in [5, 5.41) is 12.9. The van der Waals surface area contributed by atoms with E-state index >= 15 is 0 Å². The number of aliphatic hydroxyl groups is 1. The van der Waals surface area contributed by atoms with Crippen LogP contribution in [0.3, 0.4) is 0 Å². The van der Waals surface area contributed by atoms with E-state index in [4.69, 9.17) is 4.74 Å². The molecule has 2 aromatic heterocycles. The number of hydrogen-bond donors (Lipinski definition) is 1. The average Bonchev–Trinajstić information content (AvgIpc) is 3.20. The molecule has 6 nitrogen and oxygen atoms in total. The van der Waals surface area contributed by atoms with Crippen LogP contribution in [0.15, 0.2) is 54.9 Å². The van der Waals surface area contributed by atoms with Gasteiger partial charge in [0.25, 0.3) is 0 Å². The van der Waals surface area contributed by atoms with Gasteiger partial charge in [0, 0.05) is 36.4 Å². The molecule has 3 atom stereocenters. The van der Waals surface area contributed by atoms with Gasteiger partial charge < -0.3 is 14.4 Å². The monoisotopic (exact) mass is 433 g/mol. The number of para-hydroxylation sites is 1. The number of aromatic nitrogens is 2. The highest BCUT2D eigenvalue weighted by Crippen LogP contribution is 2.60. The number of methoxy groups -OCH3 is 1. The van der Waals surface area contributed by atoms with Crippen LogP contribution in [0.5, 0.6) is 0 Å². The first-order valence-electron chi connectivity index (χ1n) is 11.6. The number of ether oxygens (including phenoxy) is 1. The molecule has 3 aromatic rings. The molecule has 3 aliphatic rings. The fourth-order valence-electron chi connectivity index (χ4n) is 6.41. The topological polar surface area (TPSA) is 67.6 Å². The molecule has 0 radical (unpaired) electrons. The number of carbonyl (C=O) groups is 1. The highest BCUT2D eigenvalue weighted by molar-refractivity contribution is 5.90. The predicted molar refractivity (Wildman–Crippen MR) is 123 cm³/mol.